The van der Waals surface area contributed by atoms with Gasteiger partial charge in [0.1, 0.15) is 5.82 Å². The summed E-state index contributed by atoms with van der Waals surface area (Å²) < 4.78 is 5.84. The van der Waals surface area contributed by atoms with Crippen LogP contribution in [0.3, 0.4) is 0 Å². The molecule has 2 bridgehead atoms. The summed E-state index contributed by atoms with van der Waals surface area (Å²) in [5.41, 5.74) is 1.01. The molecule has 0 aliphatic carbocycles. The van der Waals surface area contributed by atoms with E-state index in [9.17, 15) is 0 Å². The van der Waals surface area contributed by atoms with Crippen LogP contribution in [0, 0.1) is 0 Å². The van der Waals surface area contributed by atoms with Gasteiger partial charge in [0.25, 0.3) is 0 Å². The van der Waals surface area contributed by atoms with Crippen molar-refractivity contribution >= 4 is 5.82 Å². The second-order valence-electron chi connectivity index (χ2n) is 5.01. The molecule has 0 radical (unpaired) electrons. The van der Waals surface area contributed by atoms with Gasteiger partial charge in [0.2, 0.25) is 0 Å². The lowest BCUT2D eigenvalue weighted by atomic mass is 10.2. The molecule has 2 atom stereocenters. The van der Waals surface area contributed by atoms with Crippen molar-refractivity contribution in [2.75, 3.05) is 24.5 Å². The standard InChI is InChI=1S/C13H20N4O/c1-2-14-5-10-6-15-7-13(16-10)17-8-11-3-4-12(9-17)18-11/h6-7,11-12,14H,2-5,8-9H2,1H3. The minimum absolute atomic E-state index is 0.392. The average molecular weight is 248 g/mol. The van der Waals surface area contributed by atoms with Crippen LogP contribution in [0.25, 0.3) is 0 Å². The van der Waals surface area contributed by atoms with Gasteiger partial charge in [-0.15, -0.1) is 0 Å². The zero-order valence-corrected chi connectivity index (χ0v) is 10.8. The van der Waals surface area contributed by atoms with Crippen LogP contribution >= 0.6 is 0 Å². The highest BCUT2D eigenvalue weighted by Gasteiger charge is 2.34. The first-order chi connectivity index (χ1) is 8.85. The van der Waals surface area contributed by atoms with Crippen LogP contribution < -0.4 is 10.2 Å². The lowest BCUT2D eigenvalue weighted by molar-refractivity contribution is 0.0302. The summed E-state index contributed by atoms with van der Waals surface area (Å²) in [5.74, 6) is 0.991. The van der Waals surface area contributed by atoms with Gasteiger partial charge >= 0.3 is 0 Å². The molecule has 2 aliphatic heterocycles. The van der Waals surface area contributed by atoms with Crippen molar-refractivity contribution in [2.24, 2.45) is 0 Å². The second-order valence-corrected chi connectivity index (χ2v) is 5.01. The Morgan fingerprint density at radius 3 is 2.83 bits per heavy atom. The Hall–Kier alpha value is -1.20. The van der Waals surface area contributed by atoms with Gasteiger partial charge in [-0.25, -0.2) is 4.98 Å². The molecule has 2 saturated heterocycles. The van der Waals surface area contributed by atoms with Gasteiger partial charge in [-0.05, 0) is 19.4 Å². The van der Waals surface area contributed by atoms with Gasteiger partial charge in [-0.3, -0.25) is 4.98 Å². The monoisotopic (exact) mass is 248 g/mol. The summed E-state index contributed by atoms with van der Waals surface area (Å²) in [7, 11) is 0. The fourth-order valence-corrected chi connectivity index (χ4v) is 2.69. The molecule has 0 amide bonds. The highest BCUT2D eigenvalue weighted by molar-refractivity contribution is 5.38. The Morgan fingerprint density at radius 2 is 2.11 bits per heavy atom. The van der Waals surface area contributed by atoms with Crippen molar-refractivity contribution in [3.05, 3.63) is 18.1 Å². The normalized spacial score (nSPS) is 26.6. The molecule has 1 aromatic heterocycles. The van der Waals surface area contributed by atoms with Crippen molar-refractivity contribution in [2.45, 2.75) is 38.5 Å². The second kappa shape index (κ2) is 5.20. The van der Waals surface area contributed by atoms with E-state index in [1.165, 1.54) is 12.8 Å². The third-order valence-electron chi connectivity index (χ3n) is 3.60. The van der Waals surface area contributed by atoms with E-state index < -0.39 is 0 Å². The maximum absolute atomic E-state index is 5.84. The van der Waals surface area contributed by atoms with E-state index in [0.29, 0.717) is 12.2 Å². The number of aromatic nitrogens is 2. The minimum atomic E-state index is 0.392. The van der Waals surface area contributed by atoms with Crippen LogP contribution in [0.5, 0.6) is 0 Å². The molecule has 0 saturated carbocycles. The highest BCUT2D eigenvalue weighted by Crippen LogP contribution is 2.28. The maximum Gasteiger partial charge on any atom is 0.147 e. The molecule has 18 heavy (non-hydrogen) atoms. The number of rotatable bonds is 4. The van der Waals surface area contributed by atoms with Crippen LogP contribution in [0.15, 0.2) is 12.4 Å². The molecule has 1 N–H and O–H groups in total. The van der Waals surface area contributed by atoms with E-state index in [0.717, 1.165) is 37.7 Å². The van der Waals surface area contributed by atoms with Crippen molar-refractivity contribution in [1.29, 1.82) is 0 Å². The molecular formula is C13H20N4O. The highest BCUT2D eigenvalue weighted by atomic mass is 16.5. The van der Waals surface area contributed by atoms with Crippen molar-refractivity contribution in [1.82, 2.24) is 15.3 Å². The SMILES string of the molecule is CCNCc1cncc(N2CC3CCC(C2)O3)n1. The molecule has 0 spiro atoms. The van der Waals surface area contributed by atoms with E-state index in [4.69, 9.17) is 4.74 Å². The van der Waals surface area contributed by atoms with Gasteiger partial charge in [0.05, 0.1) is 24.1 Å². The first-order valence-corrected chi connectivity index (χ1v) is 6.77. The van der Waals surface area contributed by atoms with Crippen molar-refractivity contribution in [3.8, 4) is 0 Å². The first-order valence-electron chi connectivity index (χ1n) is 6.77. The number of hydrogen-bond acceptors (Lipinski definition) is 5. The van der Waals surface area contributed by atoms with Crippen LogP contribution in [0.4, 0.5) is 5.82 Å². The Balaban J connectivity index is 1.71. The van der Waals surface area contributed by atoms with Gasteiger partial charge in [0, 0.05) is 25.8 Å². The number of morpholine rings is 1. The topological polar surface area (TPSA) is 50.3 Å². The van der Waals surface area contributed by atoms with Gasteiger partial charge < -0.3 is 15.0 Å². The smallest absolute Gasteiger partial charge is 0.147 e. The van der Waals surface area contributed by atoms with Crippen LogP contribution in [-0.2, 0) is 11.3 Å². The molecule has 2 unspecified atom stereocenters. The summed E-state index contributed by atoms with van der Waals surface area (Å²) in [6.45, 7) is 5.74. The first kappa shape index (κ1) is 11.9. The quantitative estimate of drug-likeness (QED) is 0.860. The average Bonchev–Trinajstić information content (AvgIpc) is 2.75. The Kier molecular flexibility index (Phi) is 3.43. The third kappa shape index (κ3) is 2.47. The van der Waals surface area contributed by atoms with E-state index in [2.05, 4.69) is 27.1 Å². The molecule has 3 rings (SSSR count). The number of nitrogens with zero attached hydrogens (tertiary/aromatic N) is 3. The van der Waals surface area contributed by atoms with Crippen molar-refractivity contribution in [3.63, 3.8) is 0 Å². The Bertz CT molecular complexity index is 400. The van der Waals surface area contributed by atoms with Gasteiger partial charge in [0.15, 0.2) is 0 Å². The number of fused-ring (bicyclic) bond motifs is 2. The molecule has 5 heteroatoms. The van der Waals surface area contributed by atoms with E-state index in [1.807, 2.05) is 12.4 Å². The van der Waals surface area contributed by atoms with Gasteiger partial charge in [-0.2, -0.15) is 0 Å². The third-order valence-corrected chi connectivity index (χ3v) is 3.60. The van der Waals surface area contributed by atoms with E-state index in [1.54, 1.807) is 0 Å². The zero-order chi connectivity index (χ0) is 12.4. The van der Waals surface area contributed by atoms with Crippen LogP contribution in [0.2, 0.25) is 0 Å². The molecule has 2 fully saturated rings. The fourth-order valence-electron chi connectivity index (χ4n) is 2.69. The molecule has 1 aromatic rings. The number of anilines is 1. The number of hydrogen-bond donors (Lipinski definition) is 1. The predicted octanol–water partition coefficient (Wildman–Crippen LogP) is 0.954. The summed E-state index contributed by atoms with van der Waals surface area (Å²) in [6.07, 6.45) is 6.85. The molecule has 2 aliphatic rings. The summed E-state index contributed by atoms with van der Waals surface area (Å²) in [4.78, 5) is 11.3. The maximum atomic E-state index is 5.84. The van der Waals surface area contributed by atoms with Crippen LogP contribution in [-0.4, -0.2) is 41.8 Å². The molecule has 5 nitrogen and oxygen atoms in total. The van der Waals surface area contributed by atoms with Crippen molar-refractivity contribution < 1.29 is 4.74 Å². The summed E-state index contributed by atoms with van der Waals surface area (Å²) >= 11 is 0. The Morgan fingerprint density at radius 1 is 1.33 bits per heavy atom. The molecular weight excluding hydrogens is 228 g/mol. The molecule has 98 valence electrons. The lowest BCUT2D eigenvalue weighted by Crippen LogP contribution is -2.43. The summed E-state index contributed by atoms with van der Waals surface area (Å²) in [5, 5.41) is 3.28. The van der Waals surface area contributed by atoms with Crippen LogP contribution in [0.1, 0.15) is 25.5 Å². The largest absolute Gasteiger partial charge is 0.371 e. The minimum Gasteiger partial charge on any atom is -0.371 e. The fraction of sp³-hybridized carbons (Fsp3) is 0.692. The zero-order valence-electron chi connectivity index (χ0n) is 10.8. The lowest BCUT2D eigenvalue weighted by Gasteiger charge is -2.32. The van der Waals surface area contributed by atoms with Gasteiger partial charge in [-0.1, -0.05) is 6.92 Å². The predicted molar refractivity (Wildman–Crippen MR) is 69.5 cm³/mol. The number of nitrogens with one attached hydrogen (secondary N) is 1. The Labute approximate surface area is 108 Å². The molecule has 3 heterocycles. The number of ether oxygens (including phenoxy) is 1. The summed E-state index contributed by atoms with van der Waals surface area (Å²) in [6, 6.07) is 0. The molecule has 0 aromatic carbocycles. The van der Waals surface area contributed by atoms with E-state index in [-0.39, 0.29) is 0 Å². The van der Waals surface area contributed by atoms with E-state index >= 15 is 0 Å².